The van der Waals surface area contributed by atoms with Gasteiger partial charge in [0.1, 0.15) is 5.82 Å². The molecule has 0 aliphatic rings. The zero-order chi connectivity index (χ0) is 22.5. The third-order valence-electron chi connectivity index (χ3n) is 4.29. The van der Waals surface area contributed by atoms with Crippen molar-refractivity contribution in [2.24, 2.45) is 0 Å². The number of rotatable bonds is 7. The van der Waals surface area contributed by atoms with Crippen LogP contribution in [0.5, 0.6) is 0 Å². The third kappa shape index (κ3) is 5.19. The minimum atomic E-state index is -0.527. The molecular weight excluding hydrogens is 435 g/mol. The summed E-state index contributed by atoms with van der Waals surface area (Å²) < 4.78 is 19.6. The highest BCUT2D eigenvalue weighted by Crippen LogP contribution is 2.28. The number of nitrogens with zero attached hydrogens (tertiary/aromatic N) is 4. The molecule has 0 fully saturated rings. The second kappa shape index (κ2) is 9.43. The summed E-state index contributed by atoms with van der Waals surface area (Å²) in [5.74, 6) is -0.325. The van der Waals surface area contributed by atoms with Gasteiger partial charge >= 0.3 is 0 Å². The molecule has 0 saturated heterocycles. The highest BCUT2D eigenvalue weighted by atomic mass is 32.1. The van der Waals surface area contributed by atoms with Gasteiger partial charge in [0.15, 0.2) is 5.13 Å². The quantitative estimate of drug-likeness (QED) is 0.436. The lowest BCUT2D eigenvalue weighted by atomic mass is 10.1. The Morgan fingerprint density at radius 3 is 2.69 bits per heavy atom. The zero-order valence-electron chi connectivity index (χ0n) is 16.8. The van der Waals surface area contributed by atoms with Gasteiger partial charge in [0, 0.05) is 54.4 Å². The second-order valence-corrected chi connectivity index (χ2v) is 7.57. The van der Waals surface area contributed by atoms with Gasteiger partial charge in [0.25, 0.3) is 0 Å². The number of benzene rings is 1. The van der Waals surface area contributed by atoms with Crippen molar-refractivity contribution in [3.8, 4) is 22.6 Å². The molecule has 0 atom stereocenters. The van der Waals surface area contributed by atoms with Crippen LogP contribution in [0.4, 0.5) is 15.2 Å². The van der Waals surface area contributed by atoms with Crippen LogP contribution in [-0.4, -0.2) is 31.9 Å². The number of carbonyl (C=O) groups excluding carboxylic acids is 2. The number of halogens is 1. The molecule has 162 valence electrons. The number of aryl methyl sites for hydroxylation is 1. The molecule has 0 spiro atoms. The summed E-state index contributed by atoms with van der Waals surface area (Å²) in [6, 6.07) is 7.85. The molecule has 0 saturated carbocycles. The maximum absolute atomic E-state index is 14.4. The Morgan fingerprint density at radius 2 is 1.94 bits per heavy atom. The van der Waals surface area contributed by atoms with E-state index in [0.29, 0.717) is 28.2 Å². The van der Waals surface area contributed by atoms with Gasteiger partial charge in [-0.15, -0.1) is 11.3 Å². The van der Waals surface area contributed by atoms with Gasteiger partial charge in [-0.05, 0) is 30.3 Å². The van der Waals surface area contributed by atoms with E-state index in [1.807, 2.05) is 0 Å². The van der Waals surface area contributed by atoms with Gasteiger partial charge in [-0.1, -0.05) is 5.16 Å². The number of anilines is 2. The first-order valence-electron chi connectivity index (χ1n) is 9.54. The fourth-order valence-corrected chi connectivity index (χ4v) is 3.56. The van der Waals surface area contributed by atoms with E-state index in [1.54, 1.807) is 36.0 Å². The molecule has 0 bridgehead atoms. The van der Waals surface area contributed by atoms with E-state index in [-0.39, 0.29) is 30.2 Å². The van der Waals surface area contributed by atoms with Gasteiger partial charge < -0.3 is 15.2 Å². The predicted octanol–water partition coefficient (Wildman–Crippen LogP) is 3.92. The Hall–Kier alpha value is -3.99. The highest BCUT2D eigenvalue weighted by molar-refractivity contribution is 7.14. The van der Waals surface area contributed by atoms with E-state index >= 15 is 0 Å². The van der Waals surface area contributed by atoms with Crippen molar-refractivity contribution in [2.75, 3.05) is 10.6 Å². The van der Waals surface area contributed by atoms with Crippen LogP contribution >= 0.6 is 11.3 Å². The maximum atomic E-state index is 14.4. The molecule has 11 heteroatoms. The molecule has 2 amide bonds. The van der Waals surface area contributed by atoms with Crippen LogP contribution in [0.15, 0.2) is 52.6 Å². The maximum Gasteiger partial charge on any atom is 0.227 e. The summed E-state index contributed by atoms with van der Waals surface area (Å²) in [6.07, 6.45) is 3.64. The number of amides is 2. The fourth-order valence-electron chi connectivity index (χ4n) is 2.84. The summed E-state index contributed by atoms with van der Waals surface area (Å²) in [7, 11) is 0. The second-order valence-electron chi connectivity index (χ2n) is 6.71. The Morgan fingerprint density at radius 1 is 1.12 bits per heavy atom. The van der Waals surface area contributed by atoms with Gasteiger partial charge in [-0.2, -0.15) is 4.98 Å². The number of thiazole rings is 1. The summed E-state index contributed by atoms with van der Waals surface area (Å²) >= 11 is 1.18. The Bertz CT molecular complexity index is 1260. The predicted molar refractivity (Wildman–Crippen MR) is 116 cm³/mol. The number of nitrogens with one attached hydrogen (secondary N) is 2. The van der Waals surface area contributed by atoms with Crippen molar-refractivity contribution in [1.82, 2.24) is 20.1 Å². The van der Waals surface area contributed by atoms with Crippen molar-refractivity contribution < 1.29 is 18.5 Å². The van der Waals surface area contributed by atoms with Crippen molar-refractivity contribution in [2.45, 2.75) is 19.8 Å². The molecule has 0 aliphatic carbocycles. The lowest BCUT2D eigenvalue weighted by Gasteiger charge is -2.05. The van der Waals surface area contributed by atoms with Crippen molar-refractivity contribution in [1.29, 1.82) is 0 Å². The number of carbonyl (C=O) groups is 2. The van der Waals surface area contributed by atoms with Crippen LogP contribution < -0.4 is 10.6 Å². The van der Waals surface area contributed by atoms with Gasteiger partial charge in [0.2, 0.25) is 23.5 Å². The first-order valence-corrected chi connectivity index (χ1v) is 10.4. The number of hydrogen-bond donors (Lipinski definition) is 2. The van der Waals surface area contributed by atoms with E-state index in [2.05, 4.69) is 30.7 Å². The molecule has 4 aromatic rings. The molecular formula is C21H17FN6O3S. The highest BCUT2D eigenvalue weighted by Gasteiger charge is 2.14. The van der Waals surface area contributed by atoms with E-state index in [9.17, 15) is 14.0 Å². The zero-order valence-corrected chi connectivity index (χ0v) is 17.6. The Balaban J connectivity index is 1.34. The molecule has 0 radical (unpaired) electrons. The first-order chi connectivity index (χ1) is 15.5. The van der Waals surface area contributed by atoms with E-state index in [0.717, 1.165) is 5.56 Å². The van der Waals surface area contributed by atoms with Crippen molar-refractivity contribution >= 4 is 34.0 Å². The summed E-state index contributed by atoms with van der Waals surface area (Å²) in [5.41, 5.74) is 1.78. The van der Waals surface area contributed by atoms with Crippen LogP contribution in [0.25, 0.3) is 22.6 Å². The van der Waals surface area contributed by atoms with Gasteiger partial charge in [-0.25, -0.2) is 9.37 Å². The summed E-state index contributed by atoms with van der Waals surface area (Å²) in [5, 5.41) is 11.1. The molecule has 3 aromatic heterocycles. The average Bonchev–Trinajstić information content (AvgIpc) is 3.42. The van der Waals surface area contributed by atoms with Crippen LogP contribution in [0.2, 0.25) is 0 Å². The molecule has 1 aromatic carbocycles. The lowest BCUT2D eigenvalue weighted by molar-refractivity contribution is -0.116. The number of pyridine rings is 1. The van der Waals surface area contributed by atoms with Crippen LogP contribution in [0.1, 0.15) is 19.2 Å². The Kier molecular flexibility index (Phi) is 6.26. The van der Waals surface area contributed by atoms with E-state index in [4.69, 9.17) is 4.52 Å². The summed E-state index contributed by atoms with van der Waals surface area (Å²) in [4.78, 5) is 35.8. The Labute approximate surface area is 185 Å². The smallest absolute Gasteiger partial charge is 0.227 e. The largest absolute Gasteiger partial charge is 0.339 e. The summed E-state index contributed by atoms with van der Waals surface area (Å²) in [6.45, 7) is 1.35. The number of hydrogen-bond acceptors (Lipinski definition) is 8. The van der Waals surface area contributed by atoms with Crippen molar-refractivity contribution in [3.05, 3.63) is 59.8 Å². The van der Waals surface area contributed by atoms with Crippen LogP contribution in [-0.2, 0) is 16.0 Å². The van der Waals surface area contributed by atoms with E-state index in [1.165, 1.54) is 30.4 Å². The van der Waals surface area contributed by atoms with Crippen molar-refractivity contribution in [3.63, 3.8) is 0 Å². The molecule has 4 rings (SSSR count). The van der Waals surface area contributed by atoms with E-state index < -0.39 is 5.82 Å². The molecule has 3 heterocycles. The normalized spacial score (nSPS) is 10.7. The van der Waals surface area contributed by atoms with Gasteiger partial charge in [0.05, 0.1) is 5.69 Å². The monoisotopic (exact) mass is 452 g/mol. The molecule has 0 aliphatic heterocycles. The third-order valence-corrected chi connectivity index (χ3v) is 5.05. The topological polar surface area (TPSA) is 123 Å². The fraction of sp³-hybridized carbons (Fsp3) is 0.143. The standard InChI is InChI=1S/C21H17FN6O3S/c1-12(29)24-14-2-3-15(16(22)10-14)17-11-32-21(25-17)26-18(30)4-5-19-27-20(28-31-19)13-6-8-23-9-7-13/h2-3,6-11H,4-5H2,1H3,(H,24,29)(H,25,26,30). The van der Waals surface area contributed by atoms with Gasteiger partial charge in [-0.3, -0.25) is 14.6 Å². The van der Waals surface area contributed by atoms with Crippen LogP contribution in [0.3, 0.4) is 0 Å². The minimum absolute atomic E-state index is 0.118. The molecule has 9 nitrogen and oxygen atoms in total. The number of aromatic nitrogens is 4. The molecule has 32 heavy (non-hydrogen) atoms. The first kappa shape index (κ1) is 21.2. The SMILES string of the molecule is CC(=O)Nc1ccc(-c2csc(NC(=O)CCc3nc(-c4ccncc4)no3)n2)c(F)c1. The lowest BCUT2D eigenvalue weighted by Crippen LogP contribution is -2.12. The minimum Gasteiger partial charge on any atom is -0.339 e. The molecule has 2 N–H and O–H groups in total. The average molecular weight is 452 g/mol. The van der Waals surface area contributed by atoms with Crippen LogP contribution in [0, 0.1) is 5.82 Å². The molecule has 0 unspecified atom stereocenters.